The molecule has 0 saturated heterocycles. The van der Waals surface area contributed by atoms with Crippen molar-refractivity contribution in [1.29, 1.82) is 0 Å². The van der Waals surface area contributed by atoms with Gasteiger partial charge in [-0.15, -0.1) is 0 Å². The van der Waals surface area contributed by atoms with Crippen LogP contribution in [-0.2, 0) is 4.79 Å². The molecule has 0 saturated carbocycles. The summed E-state index contributed by atoms with van der Waals surface area (Å²) in [6.45, 7) is -2.36. The predicted octanol–water partition coefficient (Wildman–Crippen LogP) is -0.472. The van der Waals surface area contributed by atoms with Gasteiger partial charge in [0.15, 0.2) is 0 Å². The lowest BCUT2D eigenvalue weighted by Gasteiger charge is -2.25. The quantitative estimate of drug-likeness (QED) is 0.554. The average Bonchev–Trinajstić information content (AvgIpc) is 1.79. The fourth-order valence-electron chi connectivity index (χ4n) is 0.793. The topological polar surface area (TPSA) is 57.5 Å². The van der Waals surface area contributed by atoms with Crippen LogP contribution < -0.4 is 0 Å². The molecule has 0 aliphatic heterocycles. The van der Waals surface area contributed by atoms with E-state index in [4.69, 9.17) is 9.22 Å². The van der Waals surface area contributed by atoms with E-state index in [2.05, 4.69) is 0 Å². The molecule has 11 heavy (non-hydrogen) atoms. The summed E-state index contributed by atoms with van der Waals surface area (Å²) in [6.07, 6.45) is -1.57. The Kier molecular flexibility index (Phi) is 2.00. The highest BCUT2D eigenvalue weighted by Crippen LogP contribution is 1.98. The Labute approximate surface area is 70.9 Å². The number of carboxylic acid groups (broad SMARTS) is 1. The van der Waals surface area contributed by atoms with Crippen molar-refractivity contribution in [3.63, 3.8) is 0 Å². The van der Waals surface area contributed by atoms with Gasteiger partial charge in [0.1, 0.15) is 12.6 Å². The first-order valence-electron chi connectivity index (χ1n) is 4.79. The van der Waals surface area contributed by atoms with Gasteiger partial charge in [-0.25, -0.2) is 0 Å². The molecule has 66 valence electrons. The highest BCUT2D eigenvalue weighted by Gasteiger charge is 2.17. The third kappa shape index (κ3) is 7.29. The van der Waals surface area contributed by atoms with E-state index < -0.39 is 30.0 Å². The summed E-state index contributed by atoms with van der Waals surface area (Å²) in [5.74, 6) is -1.14. The van der Waals surface area contributed by atoms with E-state index in [1.807, 2.05) is 0 Å². The molecule has 0 rings (SSSR count). The molecule has 4 heteroatoms. The molecule has 0 spiro atoms. The highest BCUT2D eigenvalue weighted by atomic mass is 16.4. The molecular weight excluding hydrogens is 146 g/mol. The molecule has 0 bridgehead atoms. The molecule has 0 unspecified atom stereocenters. The van der Waals surface area contributed by atoms with Gasteiger partial charge in [-0.3, -0.25) is 4.79 Å². The Morgan fingerprint density at radius 2 is 2.27 bits per heavy atom. The molecule has 2 N–H and O–H groups in total. The Morgan fingerprint density at radius 3 is 2.64 bits per heavy atom. The average molecular weight is 165 g/mol. The Balaban J connectivity index is 4.29. The van der Waals surface area contributed by atoms with Gasteiger partial charge in [-0.2, -0.15) is 0 Å². The summed E-state index contributed by atoms with van der Waals surface area (Å²) >= 11 is 0. The van der Waals surface area contributed by atoms with Crippen molar-refractivity contribution >= 4 is 5.97 Å². The molecular formula is C7H16NO3+. The maximum Gasteiger partial charge on any atom is 0.306 e. The first-order chi connectivity index (χ1) is 6.06. The number of aliphatic carboxylic acids is 1. The summed E-state index contributed by atoms with van der Waals surface area (Å²) in [5, 5.41) is 17.6. The molecule has 0 radical (unpaired) electrons. The molecule has 0 aromatic carbocycles. The summed E-state index contributed by atoms with van der Waals surface area (Å²) < 4.78 is 21.1. The lowest BCUT2D eigenvalue weighted by Crippen LogP contribution is -2.42. The van der Waals surface area contributed by atoms with Crippen LogP contribution in [0.25, 0.3) is 0 Å². The first-order valence-corrected chi connectivity index (χ1v) is 3.29. The minimum Gasteiger partial charge on any atom is -0.481 e. The summed E-state index contributed by atoms with van der Waals surface area (Å²) in [6, 6.07) is 0. The van der Waals surface area contributed by atoms with Gasteiger partial charge in [0.2, 0.25) is 0 Å². The van der Waals surface area contributed by atoms with Gasteiger partial charge in [-0.1, -0.05) is 0 Å². The summed E-state index contributed by atoms with van der Waals surface area (Å²) in [4.78, 5) is 10.2. The van der Waals surface area contributed by atoms with Gasteiger partial charge in [0.25, 0.3) is 0 Å². The zero-order chi connectivity index (χ0) is 11.6. The molecule has 0 fully saturated rings. The zero-order valence-electron chi connectivity index (χ0n) is 9.74. The number of likely N-dealkylation sites (N-methyl/N-ethyl adjacent to an activating group) is 1. The SMILES string of the molecule is [2H]C([2H])([2H])[N+](C)(C)C[C@@H](O)CC(=O)O. The Bertz CT molecular complexity index is 215. The van der Waals surface area contributed by atoms with Gasteiger partial charge in [-0.05, 0) is 0 Å². The number of hydrogen-bond acceptors (Lipinski definition) is 2. The van der Waals surface area contributed by atoms with E-state index in [1.54, 1.807) is 0 Å². The van der Waals surface area contributed by atoms with Crippen molar-refractivity contribution in [1.82, 2.24) is 0 Å². The third-order valence-corrected chi connectivity index (χ3v) is 1.08. The third-order valence-electron chi connectivity index (χ3n) is 1.08. The molecule has 0 aliphatic carbocycles. The van der Waals surface area contributed by atoms with Crippen molar-refractivity contribution in [2.75, 3.05) is 27.6 Å². The lowest BCUT2D eigenvalue weighted by molar-refractivity contribution is -0.873. The summed E-state index contributed by atoms with van der Waals surface area (Å²) in [5.41, 5.74) is 0. The summed E-state index contributed by atoms with van der Waals surface area (Å²) in [7, 11) is 2.86. The second-order valence-electron chi connectivity index (χ2n) is 3.12. The molecule has 0 aromatic rings. The number of carbonyl (C=O) groups is 1. The van der Waals surface area contributed by atoms with Crippen LogP contribution in [0.3, 0.4) is 0 Å². The standard InChI is InChI=1S/C7H15NO3/c1-8(2,3)5-6(9)4-7(10)11/h6,9H,4-5H2,1-3H3/p+1/t6-/m0/s1/i1D3. The van der Waals surface area contributed by atoms with Gasteiger partial charge in [0, 0.05) is 0 Å². The lowest BCUT2D eigenvalue weighted by atomic mass is 10.2. The smallest absolute Gasteiger partial charge is 0.306 e. The number of aliphatic hydroxyl groups excluding tert-OH is 1. The Hall–Kier alpha value is -0.610. The number of rotatable bonds is 4. The van der Waals surface area contributed by atoms with E-state index in [9.17, 15) is 9.90 Å². The van der Waals surface area contributed by atoms with E-state index in [-0.39, 0.29) is 6.54 Å². The van der Waals surface area contributed by atoms with Crippen LogP contribution in [0.2, 0.25) is 0 Å². The molecule has 0 heterocycles. The van der Waals surface area contributed by atoms with Gasteiger partial charge < -0.3 is 14.7 Å². The highest BCUT2D eigenvalue weighted by molar-refractivity contribution is 5.67. The molecule has 0 amide bonds. The van der Waals surface area contributed by atoms with Crippen LogP contribution in [0.15, 0.2) is 0 Å². The van der Waals surface area contributed by atoms with Crippen molar-refractivity contribution in [2.24, 2.45) is 0 Å². The maximum atomic E-state index is 10.2. The number of nitrogens with zero attached hydrogens (tertiary/aromatic N) is 1. The van der Waals surface area contributed by atoms with Crippen LogP contribution in [-0.4, -0.2) is 54.4 Å². The van der Waals surface area contributed by atoms with Crippen molar-refractivity contribution < 1.29 is 23.6 Å². The normalized spacial score (nSPS) is 19.7. The fraction of sp³-hybridized carbons (Fsp3) is 0.857. The number of aliphatic hydroxyl groups is 1. The minimum absolute atomic E-state index is 0.108. The fourth-order valence-corrected chi connectivity index (χ4v) is 0.793. The van der Waals surface area contributed by atoms with Gasteiger partial charge >= 0.3 is 5.97 Å². The van der Waals surface area contributed by atoms with Crippen molar-refractivity contribution in [2.45, 2.75) is 12.5 Å². The first kappa shape index (κ1) is 5.97. The predicted molar refractivity (Wildman–Crippen MR) is 41.2 cm³/mol. The molecule has 0 aromatic heterocycles. The monoisotopic (exact) mass is 165 g/mol. The Morgan fingerprint density at radius 1 is 1.73 bits per heavy atom. The van der Waals surface area contributed by atoms with E-state index in [1.165, 1.54) is 14.1 Å². The van der Waals surface area contributed by atoms with Gasteiger partial charge in [0.05, 0.1) is 31.6 Å². The van der Waals surface area contributed by atoms with Crippen LogP contribution in [0, 0.1) is 0 Å². The van der Waals surface area contributed by atoms with Crippen LogP contribution in [0.1, 0.15) is 10.5 Å². The molecule has 1 atom stereocenters. The zero-order valence-corrected chi connectivity index (χ0v) is 6.74. The number of quaternary nitrogens is 1. The number of hydrogen-bond donors (Lipinski definition) is 2. The van der Waals surface area contributed by atoms with Crippen molar-refractivity contribution in [3.8, 4) is 0 Å². The maximum absolute atomic E-state index is 10.2. The van der Waals surface area contributed by atoms with E-state index >= 15 is 0 Å². The van der Waals surface area contributed by atoms with Crippen LogP contribution in [0.5, 0.6) is 0 Å². The second kappa shape index (κ2) is 3.69. The van der Waals surface area contributed by atoms with E-state index in [0.717, 1.165) is 0 Å². The van der Waals surface area contributed by atoms with Crippen LogP contribution in [0.4, 0.5) is 0 Å². The number of carboxylic acids is 1. The van der Waals surface area contributed by atoms with Crippen molar-refractivity contribution in [3.05, 3.63) is 0 Å². The second-order valence-corrected chi connectivity index (χ2v) is 3.12. The minimum atomic E-state index is -2.25. The van der Waals surface area contributed by atoms with Crippen LogP contribution >= 0.6 is 0 Å². The molecule has 4 nitrogen and oxygen atoms in total. The molecule has 0 aliphatic rings. The van der Waals surface area contributed by atoms with E-state index in [0.29, 0.717) is 0 Å². The largest absolute Gasteiger partial charge is 0.481 e.